The standard InChI is InChI=1S/C12H16F3N3O2/c1-8-2-3-10(17-16)9(6-8)11(20)18(4-5-19)7-12(13,14)15/h2-3,6,17,19H,4-5,7,16H2,1H3. The van der Waals surface area contributed by atoms with Crippen LogP contribution >= 0.6 is 0 Å². The van der Waals surface area contributed by atoms with Crippen LogP contribution in [0, 0.1) is 6.92 Å². The molecule has 1 rings (SSSR count). The fraction of sp³-hybridized carbons (Fsp3) is 0.417. The van der Waals surface area contributed by atoms with Crippen molar-refractivity contribution in [3.63, 3.8) is 0 Å². The smallest absolute Gasteiger partial charge is 0.395 e. The molecule has 20 heavy (non-hydrogen) atoms. The molecule has 1 aromatic rings. The van der Waals surface area contributed by atoms with Crippen LogP contribution in [0.5, 0.6) is 0 Å². The Labute approximate surface area is 114 Å². The molecule has 8 heteroatoms. The molecule has 1 amide bonds. The zero-order chi connectivity index (χ0) is 15.3. The molecular formula is C12H16F3N3O2. The molecule has 0 bridgehead atoms. The predicted octanol–water partition coefficient (Wildman–Crippen LogP) is 1.28. The Kier molecular flexibility index (Phi) is 5.34. The molecule has 0 aliphatic heterocycles. The fourth-order valence-corrected chi connectivity index (χ4v) is 1.72. The second kappa shape index (κ2) is 6.58. The van der Waals surface area contributed by atoms with Gasteiger partial charge in [0, 0.05) is 6.54 Å². The average molecular weight is 291 g/mol. The van der Waals surface area contributed by atoms with Gasteiger partial charge in [0.05, 0.1) is 17.9 Å². The van der Waals surface area contributed by atoms with Crippen molar-refractivity contribution in [3.05, 3.63) is 29.3 Å². The van der Waals surface area contributed by atoms with Gasteiger partial charge in [-0.1, -0.05) is 11.6 Å². The van der Waals surface area contributed by atoms with Crippen molar-refractivity contribution >= 4 is 11.6 Å². The van der Waals surface area contributed by atoms with Gasteiger partial charge in [-0.15, -0.1) is 0 Å². The van der Waals surface area contributed by atoms with Crippen molar-refractivity contribution in [2.75, 3.05) is 25.1 Å². The van der Waals surface area contributed by atoms with Crippen molar-refractivity contribution in [2.45, 2.75) is 13.1 Å². The Hall–Kier alpha value is -1.80. The van der Waals surface area contributed by atoms with Crippen LogP contribution < -0.4 is 11.3 Å². The summed E-state index contributed by atoms with van der Waals surface area (Å²) in [6, 6.07) is 4.62. The van der Waals surface area contributed by atoms with Crippen LogP contribution in [0.15, 0.2) is 18.2 Å². The number of hydrogen-bond donors (Lipinski definition) is 3. The number of carbonyl (C=O) groups is 1. The molecule has 4 N–H and O–H groups in total. The van der Waals surface area contributed by atoms with Gasteiger partial charge < -0.3 is 15.4 Å². The zero-order valence-corrected chi connectivity index (χ0v) is 10.9. The lowest BCUT2D eigenvalue weighted by Crippen LogP contribution is -2.41. The summed E-state index contributed by atoms with van der Waals surface area (Å²) >= 11 is 0. The molecular weight excluding hydrogens is 275 g/mol. The third kappa shape index (κ3) is 4.39. The molecule has 0 saturated heterocycles. The largest absolute Gasteiger partial charge is 0.406 e. The number of aliphatic hydroxyl groups is 1. The molecule has 0 radical (unpaired) electrons. The topological polar surface area (TPSA) is 78.6 Å². The van der Waals surface area contributed by atoms with Gasteiger partial charge in [0.15, 0.2) is 0 Å². The number of anilines is 1. The van der Waals surface area contributed by atoms with E-state index in [0.717, 1.165) is 0 Å². The Morgan fingerprint density at radius 2 is 2.10 bits per heavy atom. The Bertz CT molecular complexity index is 478. The lowest BCUT2D eigenvalue weighted by molar-refractivity contribution is -0.141. The highest BCUT2D eigenvalue weighted by Gasteiger charge is 2.33. The summed E-state index contributed by atoms with van der Waals surface area (Å²) in [6.07, 6.45) is -4.54. The number of nitrogens with two attached hydrogens (primary N) is 1. The van der Waals surface area contributed by atoms with Gasteiger partial charge in [0.1, 0.15) is 6.54 Å². The predicted molar refractivity (Wildman–Crippen MR) is 68.0 cm³/mol. The third-order valence-corrected chi connectivity index (χ3v) is 2.59. The normalized spacial score (nSPS) is 11.3. The SMILES string of the molecule is Cc1ccc(NN)c(C(=O)N(CCO)CC(F)(F)F)c1. The van der Waals surface area contributed by atoms with Crippen molar-refractivity contribution in [1.82, 2.24) is 4.90 Å². The summed E-state index contributed by atoms with van der Waals surface area (Å²) in [4.78, 5) is 12.7. The lowest BCUT2D eigenvalue weighted by Gasteiger charge is -2.24. The Morgan fingerprint density at radius 3 is 2.60 bits per heavy atom. The second-order valence-corrected chi connectivity index (χ2v) is 4.26. The quantitative estimate of drug-likeness (QED) is 0.564. The van der Waals surface area contributed by atoms with Gasteiger partial charge >= 0.3 is 6.18 Å². The molecule has 112 valence electrons. The van der Waals surface area contributed by atoms with Gasteiger partial charge in [-0.2, -0.15) is 13.2 Å². The number of hydrazine groups is 1. The van der Waals surface area contributed by atoms with E-state index in [0.29, 0.717) is 10.5 Å². The van der Waals surface area contributed by atoms with E-state index in [9.17, 15) is 18.0 Å². The van der Waals surface area contributed by atoms with Crippen molar-refractivity contribution in [2.24, 2.45) is 5.84 Å². The highest BCUT2D eigenvalue weighted by Crippen LogP contribution is 2.22. The number of nitrogens with one attached hydrogen (secondary N) is 1. The average Bonchev–Trinajstić information content (AvgIpc) is 2.36. The van der Waals surface area contributed by atoms with E-state index in [2.05, 4.69) is 5.43 Å². The molecule has 0 heterocycles. The molecule has 0 unspecified atom stereocenters. The third-order valence-electron chi connectivity index (χ3n) is 2.59. The van der Waals surface area contributed by atoms with Crippen LogP contribution in [0.1, 0.15) is 15.9 Å². The minimum Gasteiger partial charge on any atom is -0.395 e. The van der Waals surface area contributed by atoms with Crippen molar-refractivity contribution in [3.8, 4) is 0 Å². The fourth-order valence-electron chi connectivity index (χ4n) is 1.72. The van der Waals surface area contributed by atoms with E-state index in [1.165, 1.54) is 12.1 Å². The van der Waals surface area contributed by atoms with E-state index in [1.54, 1.807) is 13.0 Å². The maximum absolute atomic E-state index is 12.5. The summed E-state index contributed by atoms with van der Waals surface area (Å²) < 4.78 is 37.4. The Balaban J connectivity index is 3.08. The van der Waals surface area contributed by atoms with Crippen LogP contribution in [0.25, 0.3) is 0 Å². The maximum Gasteiger partial charge on any atom is 0.406 e. The van der Waals surface area contributed by atoms with Gasteiger partial charge in [0.2, 0.25) is 0 Å². The monoisotopic (exact) mass is 291 g/mol. The molecule has 0 saturated carbocycles. The molecule has 0 fully saturated rings. The molecule has 0 aliphatic carbocycles. The minimum absolute atomic E-state index is 0.0326. The summed E-state index contributed by atoms with van der Waals surface area (Å²) in [7, 11) is 0. The molecule has 0 aromatic heterocycles. The first-order valence-corrected chi connectivity index (χ1v) is 5.82. The number of rotatable bonds is 5. The molecule has 0 atom stereocenters. The number of carbonyl (C=O) groups excluding carboxylic acids is 1. The van der Waals surface area contributed by atoms with Crippen molar-refractivity contribution in [1.29, 1.82) is 0 Å². The summed E-state index contributed by atoms with van der Waals surface area (Å²) in [6.45, 7) is -0.684. The number of hydrogen-bond acceptors (Lipinski definition) is 4. The van der Waals surface area contributed by atoms with Crippen LogP contribution in [0.2, 0.25) is 0 Å². The highest BCUT2D eigenvalue weighted by molar-refractivity contribution is 5.99. The summed E-state index contributed by atoms with van der Waals surface area (Å²) in [5.41, 5.74) is 3.24. The number of aliphatic hydroxyl groups excluding tert-OH is 1. The first-order valence-electron chi connectivity index (χ1n) is 5.82. The van der Waals surface area contributed by atoms with E-state index in [4.69, 9.17) is 10.9 Å². The summed E-state index contributed by atoms with van der Waals surface area (Å²) in [5, 5.41) is 8.81. The van der Waals surface area contributed by atoms with E-state index < -0.39 is 31.8 Å². The van der Waals surface area contributed by atoms with E-state index in [1.807, 2.05) is 0 Å². The lowest BCUT2D eigenvalue weighted by atomic mass is 10.1. The second-order valence-electron chi connectivity index (χ2n) is 4.26. The van der Waals surface area contributed by atoms with Crippen LogP contribution in [-0.4, -0.2) is 41.8 Å². The molecule has 0 aliphatic rings. The van der Waals surface area contributed by atoms with Crippen LogP contribution in [-0.2, 0) is 0 Å². The Morgan fingerprint density at radius 1 is 1.45 bits per heavy atom. The van der Waals surface area contributed by atoms with Crippen LogP contribution in [0.3, 0.4) is 0 Å². The number of amides is 1. The van der Waals surface area contributed by atoms with E-state index >= 15 is 0 Å². The van der Waals surface area contributed by atoms with Crippen molar-refractivity contribution < 1.29 is 23.1 Å². The minimum atomic E-state index is -4.54. The summed E-state index contributed by atoms with van der Waals surface area (Å²) in [5.74, 6) is 4.41. The maximum atomic E-state index is 12.5. The van der Waals surface area contributed by atoms with Gasteiger partial charge in [-0.3, -0.25) is 10.6 Å². The van der Waals surface area contributed by atoms with Crippen LogP contribution in [0.4, 0.5) is 18.9 Å². The first-order chi connectivity index (χ1) is 9.28. The van der Waals surface area contributed by atoms with Gasteiger partial charge in [-0.05, 0) is 19.1 Å². The highest BCUT2D eigenvalue weighted by atomic mass is 19.4. The number of nitrogen functional groups attached to an aromatic ring is 1. The van der Waals surface area contributed by atoms with Gasteiger partial charge in [0.25, 0.3) is 5.91 Å². The number of halogens is 3. The zero-order valence-electron chi connectivity index (χ0n) is 10.9. The number of benzene rings is 1. The number of aryl methyl sites for hydroxylation is 1. The first kappa shape index (κ1) is 16.3. The molecule has 0 spiro atoms. The number of alkyl halides is 3. The number of nitrogens with zero attached hydrogens (tertiary/aromatic N) is 1. The van der Waals surface area contributed by atoms with E-state index in [-0.39, 0.29) is 11.3 Å². The molecule has 5 nitrogen and oxygen atoms in total. The van der Waals surface area contributed by atoms with Gasteiger partial charge in [-0.25, -0.2) is 0 Å². The molecule has 1 aromatic carbocycles.